The number of hydrogen-bond acceptors (Lipinski definition) is 0. The Morgan fingerprint density at radius 2 is 0.278 bits per heavy atom. The number of nitrogens with zero attached hydrogens (tertiary/aromatic N) is 3. The van der Waals surface area contributed by atoms with E-state index >= 15 is 0 Å². The Kier molecular flexibility index (Phi) is 61.1. The Labute approximate surface area is 361 Å². The Balaban J connectivity index is -0.000000156. The van der Waals surface area contributed by atoms with E-state index < -0.39 is 0 Å². The molecule has 0 radical (unpaired) electrons. The average Bonchev–Trinajstić information content (AvgIpc) is 3.16. The molecule has 0 saturated heterocycles. The molecule has 336 valence electrons. The fourth-order valence-electron chi connectivity index (χ4n) is 7.93. The molecule has 0 N–H and O–H groups in total. The summed E-state index contributed by atoms with van der Waals surface area (Å²) < 4.78 is 4.26. The lowest BCUT2D eigenvalue weighted by molar-refractivity contribution is -0.929. The van der Waals surface area contributed by atoms with Gasteiger partial charge in [0.1, 0.15) is 0 Å². The smallest absolute Gasteiger partial charge is 0.0786 e. The quantitative estimate of drug-likeness (QED) is 0.0677. The molecule has 0 spiro atoms. The molecular weight excluding hydrogens is 753 g/mol. The fourth-order valence-corrected chi connectivity index (χ4v) is 7.93. The van der Waals surface area contributed by atoms with Crippen LogP contribution in [0.2, 0.25) is 0 Å². The number of halogens is 3. The third-order valence-electron chi connectivity index (χ3n) is 11.8. The maximum atomic E-state index is 2.33. The summed E-state index contributed by atoms with van der Waals surface area (Å²) in [6, 6.07) is 0. The highest BCUT2D eigenvalue weighted by Crippen LogP contribution is 2.19. The molecule has 0 heterocycles. The first-order valence-electron chi connectivity index (χ1n) is 24.3. The average molecular weight is 862 g/mol. The van der Waals surface area contributed by atoms with E-state index in [1.807, 2.05) is 0 Å². The molecular formula is C48H108BrClFN3. The van der Waals surface area contributed by atoms with Gasteiger partial charge in [-0.15, -0.1) is 0 Å². The van der Waals surface area contributed by atoms with Gasteiger partial charge in [-0.3, -0.25) is 0 Å². The van der Waals surface area contributed by atoms with Crippen LogP contribution in [0.25, 0.3) is 0 Å². The Hall–Kier alpha value is 0.580. The minimum atomic E-state index is 0. The highest BCUT2D eigenvalue weighted by atomic mass is 79.9. The van der Waals surface area contributed by atoms with Gasteiger partial charge in [0.25, 0.3) is 0 Å². The predicted molar refractivity (Wildman–Crippen MR) is 238 cm³/mol. The maximum absolute atomic E-state index is 2.33. The highest BCUT2D eigenvalue weighted by molar-refractivity contribution is 4.52. The Morgan fingerprint density at radius 3 is 0.333 bits per heavy atom. The van der Waals surface area contributed by atoms with Crippen LogP contribution in [0.1, 0.15) is 237 Å². The van der Waals surface area contributed by atoms with Gasteiger partial charge in [0.05, 0.1) is 78.5 Å². The predicted octanol–water partition coefficient (Wildman–Crippen LogP) is 6.02. The molecule has 0 aromatic heterocycles. The summed E-state index contributed by atoms with van der Waals surface area (Å²) in [5.41, 5.74) is 0. The highest BCUT2D eigenvalue weighted by Gasteiger charge is 2.26. The van der Waals surface area contributed by atoms with Gasteiger partial charge >= 0.3 is 0 Å². The molecule has 0 rings (SSSR count). The summed E-state index contributed by atoms with van der Waals surface area (Å²) in [5.74, 6) is 0. The lowest BCUT2D eigenvalue weighted by Gasteiger charge is -2.39. The van der Waals surface area contributed by atoms with Gasteiger partial charge in [0.15, 0.2) is 0 Å². The summed E-state index contributed by atoms with van der Waals surface area (Å²) in [4.78, 5) is 0. The summed E-state index contributed by atoms with van der Waals surface area (Å²) in [6.45, 7) is 45.1. The van der Waals surface area contributed by atoms with E-state index in [1.54, 1.807) is 0 Å². The Bertz CT molecular complexity index is 455. The SMILES string of the molecule is CCCC[N+](CCCC)(CCCC)CCCC.CCCC[N+](CCCC)(CCCC)CCCC.CCCC[N+](CCCC)(CCCC)CCCC.[Br-].[Cl-].[F-]. The number of unbranched alkanes of at least 4 members (excludes halogenated alkanes) is 12. The standard InChI is InChI=1S/3C16H36N.BrH.ClH.FH/c3*1-5-9-13-17(14-10-6-2,15-11-7-3)16-12-8-4;;;/h3*5-16H2,1-4H3;3*1H/q3*+1;;;/p-3. The van der Waals surface area contributed by atoms with Crippen LogP contribution in [0.5, 0.6) is 0 Å². The first kappa shape index (κ1) is 66.4. The zero-order valence-corrected chi connectivity index (χ0v) is 42.3. The number of rotatable bonds is 36. The van der Waals surface area contributed by atoms with Crippen LogP contribution in [0.4, 0.5) is 0 Å². The van der Waals surface area contributed by atoms with E-state index in [0.717, 1.165) is 0 Å². The van der Waals surface area contributed by atoms with Crippen molar-refractivity contribution >= 4 is 0 Å². The molecule has 0 unspecified atom stereocenters. The molecule has 0 aromatic carbocycles. The van der Waals surface area contributed by atoms with Crippen molar-refractivity contribution < 1.29 is 47.5 Å². The molecule has 0 aliphatic carbocycles. The van der Waals surface area contributed by atoms with Gasteiger partial charge in [-0.2, -0.15) is 0 Å². The summed E-state index contributed by atoms with van der Waals surface area (Å²) >= 11 is 0. The van der Waals surface area contributed by atoms with Crippen molar-refractivity contribution in [3.05, 3.63) is 0 Å². The van der Waals surface area contributed by atoms with E-state index in [9.17, 15) is 0 Å². The van der Waals surface area contributed by atoms with Crippen LogP contribution in [-0.2, 0) is 0 Å². The first-order chi connectivity index (χ1) is 24.7. The molecule has 0 bridgehead atoms. The lowest BCUT2D eigenvalue weighted by atomic mass is 10.1. The van der Waals surface area contributed by atoms with Crippen LogP contribution < -0.4 is 34.1 Å². The summed E-state index contributed by atoms with van der Waals surface area (Å²) in [5, 5.41) is 0. The van der Waals surface area contributed by atoms with Crippen molar-refractivity contribution in [1.82, 2.24) is 0 Å². The second-order valence-corrected chi connectivity index (χ2v) is 17.0. The monoisotopic (exact) mass is 860 g/mol. The zero-order chi connectivity index (χ0) is 39.0. The van der Waals surface area contributed by atoms with Crippen molar-refractivity contribution in [2.75, 3.05) is 78.5 Å². The molecule has 0 fully saturated rings. The van der Waals surface area contributed by atoms with Gasteiger partial charge in [0.2, 0.25) is 0 Å². The second kappa shape index (κ2) is 49.7. The van der Waals surface area contributed by atoms with E-state index in [4.69, 9.17) is 0 Å². The fraction of sp³-hybridized carbons (Fsp3) is 1.00. The maximum Gasteiger partial charge on any atom is 0.0786 e. The molecule has 0 aromatic rings. The summed E-state index contributed by atoms with van der Waals surface area (Å²) in [7, 11) is 0. The van der Waals surface area contributed by atoms with E-state index in [2.05, 4.69) is 83.1 Å². The molecule has 3 nitrogen and oxygen atoms in total. The van der Waals surface area contributed by atoms with Gasteiger partial charge in [-0.25, -0.2) is 0 Å². The molecule has 0 amide bonds. The van der Waals surface area contributed by atoms with Crippen LogP contribution in [0, 0.1) is 0 Å². The molecule has 0 saturated carbocycles. The molecule has 0 aliphatic heterocycles. The Morgan fingerprint density at radius 1 is 0.204 bits per heavy atom. The molecule has 6 heteroatoms. The number of hydrogen-bond donors (Lipinski definition) is 0. The van der Waals surface area contributed by atoms with E-state index in [1.165, 1.54) is 246 Å². The van der Waals surface area contributed by atoms with Crippen LogP contribution in [-0.4, -0.2) is 92.0 Å². The van der Waals surface area contributed by atoms with Crippen LogP contribution in [0.3, 0.4) is 0 Å². The molecule has 0 aliphatic rings. The van der Waals surface area contributed by atoms with Crippen molar-refractivity contribution in [1.29, 1.82) is 0 Å². The number of quaternary nitrogens is 3. The van der Waals surface area contributed by atoms with Crippen molar-refractivity contribution in [3.63, 3.8) is 0 Å². The topological polar surface area (TPSA) is 0 Å². The largest absolute Gasteiger partial charge is 1.00 e. The van der Waals surface area contributed by atoms with Gasteiger partial charge < -0.3 is 47.5 Å². The van der Waals surface area contributed by atoms with E-state index in [0.29, 0.717) is 0 Å². The van der Waals surface area contributed by atoms with Crippen molar-refractivity contribution in [2.24, 2.45) is 0 Å². The minimum Gasteiger partial charge on any atom is -1.00 e. The van der Waals surface area contributed by atoms with Gasteiger partial charge in [0, 0.05) is 0 Å². The molecule has 54 heavy (non-hydrogen) atoms. The van der Waals surface area contributed by atoms with Gasteiger partial charge in [-0.1, -0.05) is 160 Å². The zero-order valence-electron chi connectivity index (χ0n) is 39.9. The van der Waals surface area contributed by atoms with Gasteiger partial charge in [-0.05, 0) is 77.0 Å². The van der Waals surface area contributed by atoms with Crippen LogP contribution in [0.15, 0.2) is 0 Å². The van der Waals surface area contributed by atoms with Crippen LogP contribution >= 0.6 is 0 Å². The summed E-state index contributed by atoms with van der Waals surface area (Å²) in [6.07, 6.45) is 33.2. The normalized spacial score (nSPS) is 11.3. The van der Waals surface area contributed by atoms with Crippen molar-refractivity contribution in [2.45, 2.75) is 237 Å². The first-order valence-corrected chi connectivity index (χ1v) is 24.3. The third kappa shape index (κ3) is 38.1. The minimum absolute atomic E-state index is 0. The second-order valence-electron chi connectivity index (χ2n) is 17.0. The third-order valence-corrected chi connectivity index (χ3v) is 11.8. The van der Waals surface area contributed by atoms with E-state index in [-0.39, 0.29) is 34.1 Å². The lowest BCUT2D eigenvalue weighted by Crippen LogP contribution is -3.00. The van der Waals surface area contributed by atoms with Crippen molar-refractivity contribution in [3.8, 4) is 0 Å². The molecule has 0 atom stereocenters.